The third kappa shape index (κ3) is 4.22. The van der Waals surface area contributed by atoms with Crippen molar-refractivity contribution in [1.82, 2.24) is 20.2 Å². The summed E-state index contributed by atoms with van der Waals surface area (Å²) >= 11 is 0. The fourth-order valence-corrected chi connectivity index (χ4v) is 5.86. The Hall–Kier alpha value is -3.21. The van der Waals surface area contributed by atoms with E-state index in [-0.39, 0.29) is 11.5 Å². The van der Waals surface area contributed by atoms with E-state index >= 15 is 0 Å². The van der Waals surface area contributed by atoms with Crippen LogP contribution in [0.2, 0.25) is 0 Å². The molecule has 1 aliphatic heterocycles. The molecule has 1 aliphatic carbocycles. The number of rotatable bonds is 7. The van der Waals surface area contributed by atoms with Crippen LogP contribution in [0.5, 0.6) is 0 Å². The van der Waals surface area contributed by atoms with E-state index < -0.39 is 0 Å². The highest BCUT2D eigenvalue weighted by atomic mass is 15.3. The van der Waals surface area contributed by atoms with Crippen LogP contribution in [-0.2, 0) is 5.54 Å². The van der Waals surface area contributed by atoms with Crippen molar-refractivity contribution >= 4 is 0 Å². The average Bonchev–Trinajstić information content (AvgIpc) is 3.68. The molecule has 2 N–H and O–H groups in total. The normalized spacial score (nSPS) is 18.5. The molecule has 4 aromatic rings. The number of nitrogens with zero attached hydrogens (tertiary/aromatic N) is 2. The zero-order chi connectivity index (χ0) is 23.7. The number of piperazine rings is 1. The maximum Gasteiger partial charge on any atom is 0.110 e. The van der Waals surface area contributed by atoms with Gasteiger partial charge in [-0.1, -0.05) is 91.0 Å². The summed E-state index contributed by atoms with van der Waals surface area (Å²) < 4.78 is 0. The van der Waals surface area contributed by atoms with Crippen LogP contribution in [0.4, 0.5) is 0 Å². The number of benzene rings is 3. The highest BCUT2D eigenvalue weighted by Crippen LogP contribution is 2.49. The first-order valence-electron chi connectivity index (χ1n) is 13.0. The highest BCUT2D eigenvalue weighted by Gasteiger charge is 2.47. The van der Waals surface area contributed by atoms with Gasteiger partial charge in [0.25, 0.3) is 0 Å². The lowest BCUT2D eigenvalue weighted by Crippen LogP contribution is -2.56. The van der Waals surface area contributed by atoms with E-state index in [0.29, 0.717) is 5.92 Å². The second-order valence-electron chi connectivity index (χ2n) is 10.1. The first-order chi connectivity index (χ1) is 17.2. The van der Waals surface area contributed by atoms with Gasteiger partial charge in [0.15, 0.2) is 0 Å². The number of imidazole rings is 1. The fourth-order valence-electron chi connectivity index (χ4n) is 5.86. The lowest BCUT2D eigenvalue weighted by Gasteiger charge is -2.48. The molecule has 0 radical (unpaired) electrons. The summed E-state index contributed by atoms with van der Waals surface area (Å²) in [6, 6.07) is 32.8. The summed E-state index contributed by atoms with van der Waals surface area (Å²) in [5.74, 6) is 1.86. The quantitative estimate of drug-likeness (QED) is 0.359. The maximum atomic E-state index is 5.28. The van der Waals surface area contributed by atoms with Gasteiger partial charge in [0, 0.05) is 43.6 Å². The number of aromatic amines is 1. The van der Waals surface area contributed by atoms with Gasteiger partial charge in [0.1, 0.15) is 5.82 Å². The molecule has 2 fully saturated rings. The third-order valence-electron chi connectivity index (χ3n) is 7.84. The topological polar surface area (TPSA) is 44.0 Å². The summed E-state index contributed by atoms with van der Waals surface area (Å²) in [6.45, 7) is 6.43. The van der Waals surface area contributed by atoms with E-state index in [2.05, 4.69) is 113 Å². The van der Waals surface area contributed by atoms with Gasteiger partial charge < -0.3 is 10.3 Å². The minimum Gasteiger partial charge on any atom is -0.344 e. The number of nitrogens with one attached hydrogen (secondary N) is 2. The lowest BCUT2D eigenvalue weighted by molar-refractivity contribution is 0.0682. The fraction of sp³-hybridized carbons (Fsp3) is 0.323. The first kappa shape index (κ1) is 22.3. The summed E-state index contributed by atoms with van der Waals surface area (Å²) in [4.78, 5) is 11.9. The minimum absolute atomic E-state index is 0.151. The SMILES string of the molecule is CC(c1[nH]c(C2CC2)nc1-c1ccccc1)(C(c1ccccc1)c1ccccc1)N1CCNCC1. The Kier molecular flexibility index (Phi) is 6.01. The number of hydrogen-bond acceptors (Lipinski definition) is 3. The van der Waals surface area contributed by atoms with Crippen LogP contribution in [0, 0.1) is 0 Å². The molecule has 0 amide bonds. The number of H-pyrrole nitrogens is 1. The van der Waals surface area contributed by atoms with E-state index in [1.165, 1.54) is 35.2 Å². The summed E-state index contributed by atoms with van der Waals surface area (Å²) in [5.41, 5.74) is 5.89. The molecule has 1 saturated heterocycles. The Bertz CT molecular complexity index is 1200. The molecular formula is C31H34N4. The molecule has 1 atom stereocenters. The van der Waals surface area contributed by atoms with Gasteiger partial charge in [-0.25, -0.2) is 4.98 Å². The highest BCUT2D eigenvalue weighted by molar-refractivity contribution is 5.65. The molecule has 4 heteroatoms. The lowest BCUT2D eigenvalue weighted by atomic mass is 9.72. The van der Waals surface area contributed by atoms with Crippen molar-refractivity contribution in [3.05, 3.63) is 114 Å². The monoisotopic (exact) mass is 462 g/mol. The number of hydrogen-bond donors (Lipinski definition) is 2. The van der Waals surface area contributed by atoms with Crippen molar-refractivity contribution in [2.24, 2.45) is 0 Å². The Morgan fingerprint density at radius 1 is 0.800 bits per heavy atom. The van der Waals surface area contributed by atoms with Gasteiger partial charge >= 0.3 is 0 Å². The van der Waals surface area contributed by atoms with Crippen LogP contribution in [0.3, 0.4) is 0 Å². The van der Waals surface area contributed by atoms with Crippen molar-refractivity contribution in [2.45, 2.75) is 37.1 Å². The van der Waals surface area contributed by atoms with Gasteiger partial charge in [-0.15, -0.1) is 0 Å². The summed E-state index contributed by atoms with van der Waals surface area (Å²) in [7, 11) is 0. The van der Waals surface area contributed by atoms with Crippen LogP contribution in [-0.4, -0.2) is 41.0 Å². The molecule has 0 bridgehead atoms. The van der Waals surface area contributed by atoms with Crippen LogP contribution in [0.25, 0.3) is 11.3 Å². The maximum absolute atomic E-state index is 5.28. The molecule has 6 rings (SSSR count). The molecule has 1 unspecified atom stereocenters. The van der Waals surface area contributed by atoms with E-state index in [9.17, 15) is 0 Å². The van der Waals surface area contributed by atoms with E-state index in [1.807, 2.05) is 0 Å². The van der Waals surface area contributed by atoms with Crippen molar-refractivity contribution < 1.29 is 0 Å². The second kappa shape index (κ2) is 9.44. The van der Waals surface area contributed by atoms with E-state index in [0.717, 1.165) is 37.7 Å². The average molecular weight is 463 g/mol. The van der Waals surface area contributed by atoms with Gasteiger partial charge in [-0.3, -0.25) is 4.90 Å². The van der Waals surface area contributed by atoms with Crippen LogP contribution < -0.4 is 5.32 Å². The molecule has 0 spiro atoms. The van der Waals surface area contributed by atoms with Gasteiger partial charge in [0.05, 0.1) is 16.9 Å². The van der Waals surface area contributed by atoms with Crippen LogP contribution >= 0.6 is 0 Å². The zero-order valence-electron chi connectivity index (χ0n) is 20.5. The van der Waals surface area contributed by atoms with Gasteiger partial charge in [-0.05, 0) is 30.9 Å². The predicted octanol–water partition coefficient (Wildman–Crippen LogP) is 5.91. The molecular weight excluding hydrogens is 428 g/mol. The van der Waals surface area contributed by atoms with E-state index in [4.69, 9.17) is 4.98 Å². The Morgan fingerprint density at radius 3 is 1.89 bits per heavy atom. The Balaban J connectivity index is 1.61. The van der Waals surface area contributed by atoms with Crippen LogP contribution in [0.15, 0.2) is 91.0 Å². The zero-order valence-corrected chi connectivity index (χ0v) is 20.5. The largest absolute Gasteiger partial charge is 0.344 e. The predicted molar refractivity (Wildman–Crippen MR) is 143 cm³/mol. The second-order valence-corrected chi connectivity index (χ2v) is 10.1. The van der Waals surface area contributed by atoms with Crippen molar-refractivity contribution in [1.29, 1.82) is 0 Å². The molecule has 1 aromatic heterocycles. The van der Waals surface area contributed by atoms with Crippen molar-refractivity contribution in [2.75, 3.05) is 26.2 Å². The van der Waals surface area contributed by atoms with Crippen molar-refractivity contribution in [3.8, 4) is 11.3 Å². The molecule has 1 saturated carbocycles. The molecule has 35 heavy (non-hydrogen) atoms. The standard InChI is InChI=1S/C31H34N4/c1-31(35-21-19-32-20-22-35,27(23-11-5-2-6-12-23)24-13-7-3-8-14-24)29-28(25-15-9-4-10-16-25)33-30(34-29)26-17-18-26/h2-16,26-27,32H,17-22H2,1H3,(H,33,34). The number of aromatic nitrogens is 2. The molecule has 4 nitrogen and oxygen atoms in total. The smallest absolute Gasteiger partial charge is 0.110 e. The Labute approximate surface area is 208 Å². The Morgan fingerprint density at radius 2 is 1.34 bits per heavy atom. The van der Waals surface area contributed by atoms with Gasteiger partial charge in [0.2, 0.25) is 0 Å². The molecule has 3 aromatic carbocycles. The van der Waals surface area contributed by atoms with Crippen LogP contribution in [0.1, 0.15) is 54.2 Å². The van der Waals surface area contributed by atoms with Gasteiger partial charge in [-0.2, -0.15) is 0 Å². The van der Waals surface area contributed by atoms with E-state index in [1.54, 1.807) is 0 Å². The third-order valence-corrected chi connectivity index (χ3v) is 7.84. The first-order valence-corrected chi connectivity index (χ1v) is 13.0. The molecule has 2 aliphatic rings. The summed E-state index contributed by atoms with van der Waals surface area (Å²) in [6.07, 6.45) is 2.46. The molecule has 178 valence electrons. The minimum atomic E-state index is -0.309. The molecule has 2 heterocycles. The van der Waals surface area contributed by atoms with Crippen molar-refractivity contribution in [3.63, 3.8) is 0 Å². The summed E-state index contributed by atoms with van der Waals surface area (Å²) in [5, 5.41) is 3.57.